The standard InChI is InChI=1S/C21H23N.ClH/c22-21(15-8-2-1-3-9-15)20-18-12-6-4-10-16(18)14-17-11-5-7-13-19(17)20;/h4-7,10-15,21H,1-3,8-9,22H2;1H/t21-;/m1./s1. The van der Waals surface area contributed by atoms with E-state index in [1.165, 1.54) is 59.2 Å². The minimum Gasteiger partial charge on any atom is -0.324 e. The van der Waals surface area contributed by atoms with Crippen molar-refractivity contribution in [3.8, 4) is 0 Å². The molecular weight excluding hydrogens is 302 g/mol. The highest BCUT2D eigenvalue weighted by molar-refractivity contribution is 6.02. The van der Waals surface area contributed by atoms with Gasteiger partial charge in [-0.15, -0.1) is 12.4 Å². The van der Waals surface area contributed by atoms with Crippen LogP contribution in [0.25, 0.3) is 21.5 Å². The molecule has 0 unspecified atom stereocenters. The van der Waals surface area contributed by atoms with E-state index in [1.54, 1.807) is 0 Å². The maximum Gasteiger partial charge on any atom is 0.0335 e. The molecule has 1 saturated carbocycles. The molecule has 1 fully saturated rings. The zero-order valence-electron chi connectivity index (χ0n) is 13.4. The smallest absolute Gasteiger partial charge is 0.0335 e. The van der Waals surface area contributed by atoms with Crippen LogP contribution in [0.3, 0.4) is 0 Å². The highest BCUT2D eigenvalue weighted by Gasteiger charge is 2.24. The van der Waals surface area contributed by atoms with Gasteiger partial charge in [0.25, 0.3) is 0 Å². The predicted octanol–water partition coefficient (Wildman–Crippen LogP) is 5.99. The summed E-state index contributed by atoms with van der Waals surface area (Å²) in [6.07, 6.45) is 6.60. The van der Waals surface area contributed by atoms with E-state index in [4.69, 9.17) is 5.73 Å². The number of benzene rings is 3. The number of rotatable bonds is 2. The number of nitrogens with two attached hydrogens (primary N) is 1. The van der Waals surface area contributed by atoms with Gasteiger partial charge in [-0.05, 0) is 51.9 Å². The highest BCUT2D eigenvalue weighted by Crippen LogP contribution is 2.39. The minimum absolute atomic E-state index is 0. The van der Waals surface area contributed by atoms with E-state index in [2.05, 4.69) is 54.6 Å². The van der Waals surface area contributed by atoms with Crippen LogP contribution >= 0.6 is 12.4 Å². The third-order valence-corrected chi connectivity index (χ3v) is 5.30. The Morgan fingerprint density at radius 3 is 1.87 bits per heavy atom. The predicted molar refractivity (Wildman–Crippen MR) is 102 cm³/mol. The largest absolute Gasteiger partial charge is 0.324 e. The van der Waals surface area contributed by atoms with E-state index in [0.717, 1.165) is 0 Å². The number of hydrogen-bond donors (Lipinski definition) is 1. The Bertz CT molecular complexity index is 751. The Labute approximate surface area is 144 Å². The van der Waals surface area contributed by atoms with Gasteiger partial charge in [-0.3, -0.25) is 0 Å². The maximum absolute atomic E-state index is 6.80. The van der Waals surface area contributed by atoms with Crippen molar-refractivity contribution in [3.63, 3.8) is 0 Å². The summed E-state index contributed by atoms with van der Waals surface area (Å²) in [6, 6.07) is 19.8. The van der Waals surface area contributed by atoms with Crippen LogP contribution in [0.15, 0.2) is 54.6 Å². The lowest BCUT2D eigenvalue weighted by Crippen LogP contribution is -2.24. The quantitative estimate of drug-likeness (QED) is 0.575. The SMILES string of the molecule is Cl.N[C@@H](c1c2ccccc2cc2ccccc12)C1CCCCC1. The van der Waals surface area contributed by atoms with Gasteiger partial charge in [-0.25, -0.2) is 0 Å². The fourth-order valence-electron chi connectivity index (χ4n) is 4.14. The number of hydrogen-bond acceptors (Lipinski definition) is 1. The van der Waals surface area contributed by atoms with Crippen molar-refractivity contribution in [1.29, 1.82) is 0 Å². The van der Waals surface area contributed by atoms with E-state index in [1.807, 2.05) is 0 Å². The third kappa shape index (κ3) is 2.96. The summed E-state index contributed by atoms with van der Waals surface area (Å²) in [6.45, 7) is 0. The number of halogens is 1. The van der Waals surface area contributed by atoms with Gasteiger partial charge < -0.3 is 5.73 Å². The summed E-state index contributed by atoms with van der Waals surface area (Å²) in [5.41, 5.74) is 8.16. The van der Waals surface area contributed by atoms with Crippen molar-refractivity contribution < 1.29 is 0 Å². The van der Waals surface area contributed by atoms with Crippen LogP contribution in [0.1, 0.15) is 43.7 Å². The van der Waals surface area contributed by atoms with E-state index in [9.17, 15) is 0 Å². The summed E-state index contributed by atoms with van der Waals surface area (Å²) < 4.78 is 0. The Kier molecular flexibility index (Phi) is 4.89. The minimum atomic E-state index is 0. The van der Waals surface area contributed by atoms with Gasteiger partial charge in [0.1, 0.15) is 0 Å². The summed E-state index contributed by atoms with van der Waals surface area (Å²) >= 11 is 0. The van der Waals surface area contributed by atoms with Crippen LogP contribution in [0, 0.1) is 5.92 Å². The lowest BCUT2D eigenvalue weighted by molar-refractivity contribution is 0.310. The molecule has 1 aliphatic rings. The molecule has 3 aromatic carbocycles. The Morgan fingerprint density at radius 1 is 0.783 bits per heavy atom. The molecule has 23 heavy (non-hydrogen) atoms. The molecule has 2 heteroatoms. The first kappa shape index (κ1) is 16.3. The van der Waals surface area contributed by atoms with Gasteiger partial charge in [0.2, 0.25) is 0 Å². The van der Waals surface area contributed by atoms with Crippen molar-refractivity contribution in [3.05, 3.63) is 60.2 Å². The summed E-state index contributed by atoms with van der Waals surface area (Å²) in [5, 5.41) is 5.28. The molecule has 4 rings (SSSR count). The lowest BCUT2D eigenvalue weighted by Gasteiger charge is -2.29. The molecule has 0 heterocycles. The summed E-state index contributed by atoms with van der Waals surface area (Å²) in [7, 11) is 0. The van der Waals surface area contributed by atoms with Gasteiger partial charge in [0.05, 0.1) is 0 Å². The zero-order chi connectivity index (χ0) is 14.9. The van der Waals surface area contributed by atoms with Crippen molar-refractivity contribution in [2.45, 2.75) is 38.1 Å². The van der Waals surface area contributed by atoms with Gasteiger partial charge in [0.15, 0.2) is 0 Å². The normalized spacial score (nSPS) is 17.1. The summed E-state index contributed by atoms with van der Waals surface area (Å²) in [5.74, 6) is 0.628. The lowest BCUT2D eigenvalue weighted by atomic mass is 9.79. The van der Waals surface area contributed by atoms with E-state index in [-0.39, 0.29) is 18.4 Å². The van der Waals surface area contributed by atoms with Crippen molar-refractivity contribution in [2.75, 3.05) is 0 Å². The van der Waals surface area contributed by atoms with E-state index >= 15 is 0 Å². The molecule has 1 atom stereocenters. The van der Waals surface area contributed by atoms with Crippen LogP contribution in [0.2, 0.25) is 0 Å². The molecule has 1 aliphatic carbocycles. The first-order valence-electron chi connectivity index (χ1n) is 8.50. The molecule has 0 aliphatic heterocycles. The monoisotopic (exact) mass is 325 g/mol. The van der Waals surface area contributed by atoms with Crippen LogP contribution < -0.4 is 5.73 Å². The molecule has 120 valence electrons. The van der Waals surface area contributed by atoms with Crippen molar-refractivity contribution >= 4 is 34.0 Å². The molecule has 3 aromatic rings. The molecule has 2 N–H and O–H groups in total. The molecule has 0 saturated heterocycles. The first-order valence-corrected chi connectivity index (χ1v) is 8.50. The van der Waals surface area contributed by atoms with Gasteiger partial charge in [-0.1, -0.05) is 67.8 Å². The average Bonchev–Trinajstić information content (AvgIpc) is 2.60. The fourth-order valence-corrected chi connectivity index (χ4v) is 4.14. The van der Waals surface area contributed by atoms with E-state index < -0.39 is 0 Å². The topological polar surface area (TPSA) is 26.0 Å². The second-order valence-electron chi connectivity index (χ2n) is 6.66. The van der Waals surface area contributed by atoms with E-state index in [0.29, 0.717) is 5.92 Å². The van der Waals surface area contributed by atoms with Crippen LogP contribution in [-0.2, 0) is 0 Å². The Morgan fingerprint density at radius 2 is 1.30 bits per heavy atom. The second-order valence-corrected chi connectivity index (χ2v) is 6.66. The molecule has 0 spiro atoms. The fraction of sp³-hybridized carbons (Fsp3) is 0.333. The molecular formula is C21H24ClN. The van der Waals surface area contributed by atoms with Crippen molar-refractivity contribution in [2.24, 2.45) is 11.7 Å². The second kappa shape index (κ2) is 6.90. The van der Waals surface area contributed by atoms with Crippen LogP contribution in [-0.4, -0.2) is 0 Å². The van der Waals surface area contributed by atoms with Crippen molar-refractivity contribution in [1.82, 2.24) is 0 Å². The molecule has 0 amide bonds. The molecule has 0 aromatic heterocycles. The Hall–Kier alpha value is -1.57. The molecule has 1 nitrogen and oxygen atoms in total. The third-order valence-electron chi connectivity index (χ3n) is 5.30. The van der Waals surface area contributed by atoms with Crippen LogP contribution in [0.5, 0.6) is 0 Å². The molecule has 0 bridgehead atoms. The van der Waals surface area contributed by atoms with Gasteiger partial charge in [-0.2, -0.15) is 0 Å². The van der Waals surface area contributed by atoms with Gasteiger partial charge >= 0.3 is 0 Å². The highest BCUT2D eigenvalue weighted by atomic mass is 35.5. The van der Waals surface area contributed by atoms with Gasteiger partial charge in [0, 0.05) is 6.04 Å². The molecule has 0 radical (unpaired) electrons. The zero-order valence-corrected chi connectivity index (χ0v) is 14.2. The average molecular weight is 326 g/mol. The summed E-state index contributed by atoms with van der Waals surface area (Å²) in [4.78, 5) is 0. The van der Waals surface area contributed by atoms with Crippen LogP contribution in [0.4, 0.5) is 0 Å². The first-order chi connectivity index (χ1) is 10.8. The maximum atomic E-state index is 6.80. The Balaban J connectivity index is 0.00000156. The number of fused-ring (bicyclic) bond motifs is 2.